The fraction of sp³-hybridized carbons (Fsp3) is 0.333. The third-order valence-corrected chi connectivity index (χ3v) is 6.56. The summed E-state index contributed by atoms with van der Waals surface area (Å²) in [5, 5.41) is 2.74. The molecule has 30 heavy (non-hydrogen) atoms. The normalized spacial score (nSPS) is 15.7. The van der Waals surface area contributed by atoms with Crippen molar-refractivity contribution < 1.29 is 27.5 Å². The number of esters is 1. The van der Waals surface area contributed by atoms with E-state index in [1.54, 1.807) is 63.2 Å². The van der Waals surface area contributed by atoms with Gasteiger partial charge in [-0.2, -0.15) is 0 Å². The number of ether oxygens (including phenoxy) is 2. The van der Waals surface area contributed by atoms with Crippen LogP contribution in [0.4, 0.5) is 11.4 Å². The predicted molar refractivity (Wildman–Crippen MR) is 113 cm³/mol. The highest BCUT2D eigenvalue weighted by molar-refractivity contribution is 7.92. The van der Waals surface area contributed by atoms with Crippen LogP contribution in [0.5, 0.6) is 5.75 Å². The molecule has 160 valence electrons. The first kappa shape index (κ1) is 21.6. The molecule has 8 nitrogen and oxygen atoms in total. The quantitative estimate of drug-likeness (QED) is 0.705. The lowest BCUT2D eigenvalue weighted by Gasteiger charge is -2.34. The molecule has 1 atom stereocenters. The fourth-order valence-electron chi connectivity index (χ4n) is 3.17. The number of para-hydroxylation sites is 2. The summed E-state index contributed by atoms with van der Waals surface area (Å²) in [5.74, 6) is -0.770. The van der Waals surface area contributed by atoms with Gasteiger partial charge in [-0.05, 0) is 50.6 Å². The minimum absolute atomic E-state index is 0.101. The van der Waals surface area contributed by atoms with Crippen molar-refractivity contribution in [3.8, 4) is 5.75 Å². The van der Waals surface area contributed by atoms with E-state index < -0.39 is 28.0 Å². The molecule has 0 unspecified atom stereocenters. The second kappa shape index (κ2) is 8.74. The van der Waals surface area contributed by atoms with Gasteiger partial charge in [-0.25, -0.2) is 13.2 Å². The first-order chi connectivity index (χ1) is 14.3. The van der Waals surface area contributed by atoms with Crippen LogP contribution in [0, 0.1) is 6.92 Å². The molecule has 0 spiro atoms. The van der Waals surface area contributed by atoms with Crippen LogP contribution in [-0.4, -0.2) is 45.3 Å². The summed E-state index contributed by atoms with van der Waals surface area (Å²) < 4.78 is 37.2. The van der Waals surface area contributed by atoms with Crippen molar-refractivity contribution in [2.75, 3.05) is 28.5 Å². The Morgan fingerprint density at radius 2 is 1.90 bits per heavy atom. The molecule has 0 saturated heterocycles. The fourth-order valence-corrected chi connectivity index (χ4v) is 4.30. The number of anilines is 2. The largest absolute Gasteiger partial charge is 0.476 e. The number of fused-ring (bicyclic) bond motifs is 1. The van der Waals surface area contributed by atoms with Crippen LogP contribution in [0.15, 0.2) is 42.5 Å². The number of hydrogen-bond donors (Lipinski definition) is 1. The first-order valence-corrected chi connectivity index (χ1v) is 11.2. The summed E-state index contributed by atoms with van der Waals surface area (Å²) in [6.45, 7) is 5.06. The van der Waals surface area contributed by atoms with Crippen LogP contribution in [0.1, 0.15) is 29.8 Å². The van der Waals surface area contributed by atoms with Crippen molar-refractivity contribution in [2.45, 2.75) is 26.9 Å². The maximum atomic E-state index is 12.9. The molecule has 0 aliphatic carbocycles. The lowest BCUT2D eigenvalue weighted by Crippen LogP contribution is -2.49. The van der Waals surface area contributed by atoms with Crippen LogP contribution in [-0.2, 0) is 19.6 Å². The average molecular weight is 432 g/mol. The number of carbonyl (C=O) groups is 2. The Balaban J connectivity index is 1.87. The standard InChI is InChI=1S/C21H24N2O6S/c1-4-28-21(25)15-9-8-10-16(14(15)3)22-20(24)19-13-23(30(26,27)5-2)17-11-6-7-12-18(17)29-19/h6-12,19H,4-5,13H2,1-3H3,(H,22,24)/t19-/m0/s1. The Morgan fingerprint density at radius 1 is 1.17 bits per heavy atom. The van der Waals surface area contributed by atoms with Gasteiger partial charge in [0.15, 0.2) is 6.10 Å². The van der Waals surface area contributed by atoms with Crippen LogP contribution in [0.3, 0.4) is 0 Å². The number of amides is 1. The van der Waals surface area contributed by atoms with E-state index >= 15 is 0 Å². The molecule has 0 aromatic heterocycles. The van der Waals surface area contributed by atoms with Gasteiger partial charge in [0, 0.05) is 5.69 Å². The van der Waals surface area contributed by atoms with E-state index in [9.17, 15) is 18.0 Å². The summed E-state index contributed by atoms with van der Waals surface area (Å²) in [6.07, 6.45) is -1.05. The van der Waals surface area contributed by atoms with E-state index in [0.29, 0.717) is 28.3 Å². The van der Waals surface area contributed by atoms with Crippen LogP contribution in [0.2, 0.25) is 0 Å². The summed E-state index contributed by atoms with van der Waals surface area (Å²) in [5.41, 5.74) is 1.74. The highest BCUT2D eigenvalue weighted by atomic mass is 32.2. The average Bonchev–Trinajstić information content (AvgIpc) is 2.74. The summed E-state index contributed by atoms with van der Waals surface area (Å²) in [4.78, 5) is 25.0. The second-order valence-corrected chi connectivity index (χ2v) is 8.88. The van der Waals surface area contributed by atoms with Gasteiger partial charge in [0.25, 0.3) is 5.91 Å². The Hall–Kier alpha value is -3.07. The molecule has 0 radical (unpaired) electrons. The van der Waals surface area contributed by atoms with Gasteiger partial charge in [0.05, 0.1) is 30.2 Å². The molecule has 1 aliphatic heterocycles. The van der Waals surface area contributed by atoms with Crippen LogP contribution >= 0.6 is 0 Å². The Kier molecular flexibility index (Phi) is 6.31. The third-order valence-electron chi connectivity index (χ3n) is 4.81. The van der Waals surface area contributed by atoms with Gasteiger partial charge in [-0.15, -0.1) is 0 Å². The molecule has 2 aromatic rings. The number of hydrogen-bond acceptors (Lipinski definition) is 6. The van der Waals surface area contributed by atoms with Crippen molar-refractivity contribution in [2.24, 2.45) is 0 Å². The molecule has 0 fully saturated rings. The maximum Gasteiger partial charge on any atom is 0.338 e. The summed E-state index contributed by atoms with van der Waals surface area (Å²) in [6, 6.07) is 11.6. The van der Waals surface area contributed by atoms with Crippen molar-refractivity contribution in [3.05, 3.63) is 53.6 Å². The van der Waals surface area contributed by atoms with Gasteiger partial charge in [0.2, 0.25) is 10.0 Å². The smallest absolute Gasteiger partial charge is 0.338 e. The van der Waals surface area contributed by atoms with E-state index in [1.165, 1.54) is 4.31 Å². The monoisotopic (exact) mass is 432 g/mol. The first-order valence-electron chi connectivity index (χ1n) is 9.62. The highest BCUT2D eigenvalue weighted by Gasteiger charge is 2.36. The molecule has 0 saturated carbocycles. The van der Waals surface area contributed by atoms with E-state index in [2.05, 4.69) is 5.32 Å². The van der Waals surface area contributed by atoms with Gasteiger partial charge in [0.1, 0.15) is 5.75 Å². The molecule has 2 aromatic carbocycles. The molecule has 3 rings (SSSR count). The lowest BCUT2D eigenvalue weighted by molar-refractivity contribution is -0.122. The summed E-state index contributed by atoms with van der Waals surface area (Å²) in [7, 11) is -3.59. The molecular weight excluding hydrogens is 408 g/mol. The Bertz CT molecular complexity index is 1070. The number of carbonyl (C=O) groups excluding carboxylic acids is 2. The van der Waals surface area contributed by atoms with Crippen molar-refractivity contribution in [1.29, 1.82) is 0 Å². The van der Waals surface area contributed by atoms with Gasteiger partial charge in [-0.1, -0.05) is 18.2 Å². The minimum atomic E-state index is -3.59. The maximum absolute atomic E-state index is 12.9. The topological polar surface area (TPSA) is 102 Å². The number of nitrogens with zero attached hydrogens (tertiary/aromatic N) is 1. The SMILES string of the molecule is CCOC(=O)c1cccc(NC(=O)[C@@H]2CN(S(=O)(=O)CC)c3ccccc3O2)c1C. The lowest BCUT2D eigenvalue weighted by atomic mass is 10.1. The predicted octanol–water partition coefficient (Wildman–Crippen LogP) is 2.73. The van der Waals surface area contributed by atoms with E-state index in [4.69, 9.17) is 9.47 Å². The van der Waals surface area contributed by atoms with Crippen LogP contribution < -0.4 is 14.4 Å². The number of sulfonamides is 1. The molecule has 1 N–H and O–H groups in total. The van der Waals surface area contributed by atoms with Crippen molar-refractivity contribution in [1.82, 2.24) is 0 Å². The minimum Gasteiger partial charge on any atom is -0.476 e. The molecule has 9 heteroatoms. The molecule has 1 heterocycles. The zero-order chi connectivity index (χ0) is 21.9. The summed E-state index contributed by atoms with van der Waals surface area (Å²) >= 11 is 0. The zero-order valence-electron chi connectivity index (χ0n) is 17.0. The molecule has 1 aliphatic rings. The zero-order valence-corrected chi connectivity index (χ0v) is 17.9. The Morgan fingerprint density at radius 3 is 2.60 bits per heavy atom. The Labute approximate surface area is 175 Å². The number of rotatable bonds is 6. The highest BCUT2D eigenvalue weighted by Crippen LogP contribution is 2.35. The van der Waals surface area contributed by atoms with E-state index in [0.717, 1.165) is 0 Å². The second-order valence-electron chi connectivity index (χ2n) is 6.69. The van der Waals surface area contributed by atoms with Gasteiger partial charge in [-0.3, -0.25) is 9.10 Å². The number of benzene rings is 2. The van der Waals surface area contributed by atoms with E-state index in [1.807, 2.05) is 0 Å². The molecule has 1 amide bonds. The number of nitrogens with one attached hydrogen (secondary N) is 1. The van der Waals surface area contributed by atoms with Gasteiger partial charge < -0.3 is 14.8 Å². The molecular formula is C21H24N2O6S. The van der Waals surface area contributed by atoms with Gasteiger partial charge >= 0.3 is 5.97 Å². The van der Waals surface area contributed by atoms with E-state index in [-0.39, 0.29) is 18.9 Å². The van der Waals surface area contributed by atoms with Crippen LogP contribution in [0.25, 0.3) is 0 Å². The van der Waals surface area contributed by atoms with Crippen molar-refractivity contribution >= 4 is 33.3 Å². The molecule has 0 bridgehead atoms. The third kappa shape index (κ3) is 4.25. The van der Waals surface area contributed by atoms with Crippen molar-refractivity contribution in [3.63, 3.8) is 0 Å².